The van der Waals surface area contributed by atoms with Gasteiger partial charge in [-0.2, -0.15) is 5.10 Å². The third-order valence-electron chi connectivity index (χ3n) is 4.25. The van der Waals surface area contributed by atoms with Gasteiger partial charge in [-0.3, -0.25) is 4.79 Å². The molecule has 1 aromatic rings. The molecule has 0 saturated heterocycles. The molecule has 2 heterocycles. The first kappa shape index (κ1) is 20.1. The number of hydrogen-bond acceptors (Lipinski definition) is 4. The summed E-state index contributed by atoms with van der Waals surface area (Å²) in [5.74, 6) is 1.79. The summed E-state index contributed by atoms with van der Waals surface area (Å²) >= 11 is 0. The van der Waals surface area contributed by atoms with Crippen molar-refractivity contribution >= 4 is 30.7 Å². The Bertz CT molecular complexity index is 465. The normalized spacial score (nSPS) is 14.0. The summed E-state index contributed by atoms with van der Waals surface area (Å²) in [7, 11) is 0. The number of nitrogens with zero attached hydrogens (tertiary/aromatic N) is 4. The van der Waals surface area contributed by atoms with Crippen LogP contribution in [0.25, 0.3) is 0 Å². The van der Waals surface area contributed by atoms with Crippen LogP contribution < -0.4 is 5.73 Å². The maximum atomic E-state index is 12.7. The molecule has 8 heteroatoms. The highest BCUT2D eigenvalue weighted by Gasteiger charge is 2.38. The molecule has 2 rings (SSSR count). The molecule has 0 bridgehead atoms. The molecule has 1 aliphatic heterocycles. The molecule has 21 heavy (non-hydrogen) atoms. The average Bonchev–Trinajstić information content (AvgIpc) is 2.80. The summed E-state index contributed by atoms with van der Waals surface area (Å²) in [6.45, 7) is 8.30. The van der Waals surface area contributed by atoms with E-state index in [1.54, 1.807) is 0 Å². The topological polar surface area (TPSA) is 77.0 Å². The van der Waals surface area contributed by atoms with Crippen LogP contribution in [0.4, 0.5) is 0 Å². The van der Waals surface area contributed by atoms with Crippen molar-refractivity contribution in [3.63, 3.8) is 0 Å². The van der Waals surface area contributed by atoms with Crippen molar-refractivity contribution in [2.45, 2.75) is 46.7 Å². The number of aromatic nitrogens is 3. The number of nitrogens with two attached hydrogens (primary N) is 1. The maximum Gasteiger partial charge on any atom is 0.230 e. The van der Waals surface area contributed by atoms with Crippen molar-refractivity contribution in [3.05, 3.63) is 11.6 Å². The fourth-order valence-corrected chi connectivity index (χ4v) is 2.70. The van der Waals surface area contributed by atoms with Gasteiger partial charge in [0.25, 0.3) is 0 Å². The molecule has 1 aromatic heterocycles. The van der Waals surface area contributed by atoms with Gasteiger partial charge in [0.2, 0.25) is 5.91 Å². The number of fused-ring (bicyclic) bond motifs is 1. The molecule has 2 N–H and O–H groups in total. The monoisotopic (exact) mass is 337 g/mol. The van der Waals surface area contributed by atoms with Crippen LogP contribution in [0, 0.1) is 12.3 Å². The first-order chi connectivity index (χ1) is 9.06. The summed E-state index contributed by atoms with van der Waals surface area (Å²) in [5.41, 5.74) is 5.44. The van der Waals surface area contributed by atoms with E-state index >= 15 is 0 Å². The van der Waals surface area contributed by atoms with Crippen molar-refractivity contribution in [3.8, 4) is 0 Å². The lowest BCUT2D eigenvalue weighted by molar-refractivity contribution is -0.143. The molecule has 122 valence electrons. The Morgan fingerprint density at radius 3 is 2.43 bits per heavy atom. The van der Waals surface area contributed by atoms with Gasteiger partial charge in [0.15, 0.2) is 0 Å². The number of amides is 1. The molecule has 6 nitrogen and oxygen atoms in total. The van der Waals surface area contributed by atoms with Gasteiger partial charge >= 0.3 is 0 Å². The van der Waals surface area contributed by atoms with Crippen LogP contribution in [-0.2, 0) is 17.9 Å². The van der Waals surface area contributed by atoms with E-state index in [9.17, 15) is 4.79 Å². The minimum Gasteiger partial charge on any atom is -0.333 e. The van der Waals surface area contributed by atoms with E-state index in [4.69, 9.17) is 5.73 Å². The van der Waals surface area contributed by atoms with Gasteiger partial charge in [0.05, 0.1) is 18.5 Å². The standard InChI is InChI=1S/C13H23N5O.2ClH/c1-4-13(5-2,9-14)12(19)17-6-7-18-11(8-17)15-10(3)16-18;;/h4-9,14H2,1-3H3;2*1H. The van der Waals surface area contributed by atoms with Crippen LogP contribution in [0.5, 0.6) is 0 Å². The molecule has 0 aliphatic carbocycles. The van der Waals surface area contributed by atoms with Crippen LogP contribution in [0.3, 0.4) is 0 Å². The second-order valence-corrected chi connectivity index (χ2v) is 5.22. The molecule has 1 amide bonds. The van der Waals surface area contributed by atoms with E-state index in [-0.39, 0.29) is 30.7 Å². The SMILES string of the molecule is CCC(CC)(CN)C(=O)N1CCn2nc(C)nc2C1.Cl.Cl. The third-order valence-corrected chi connectivity index (χ3v) is 4.25. The Labute approximate surface area is 138 Å². The summed E-state index contributed by atoms with van der Waals surface area (Å²) in [6, 6.07) is 0. The number of carbonyl (C=O) groups is 1. The van der Waals surface area contributed by atoms with Crippen LogP contribution in [0.1, 0.15) is 38.3 Å². The van der Waals surface area contributed by atoms with Gasteiger partial charge in [-0.15, -0.1) is 24.8 Å². The van der Waals surface area contributed by atoms with Crippen molar-refractivity contribution in [2.24, 2.45) is 11.1 Å². The van der Waals surface area contributed by atoms with E-state index in [1.165, 1.54) is 0 Å². The predicted molar refractivity (Wildman–Crippen MR) is 86.7 cm³/mol. The zero-order valence-electron chi connectivity index (χ0n) is 12.8. The molecule has 0 unspecified atom stereocenters. The Morgan fingerprint density at radius 1 is 1.29 bits per heavy atom. The number of aryl methyl sites for hydroxylation is 1. The second-order valence-electron chi connectivity index (χ2n) is 5.22. The molecular formula is C13H25Cl2N5O. The number of halogens is 2. The third kappa shape index (κ3) is 3.67. The lowest BCUT2D eigenvalue weighted by Gasteiger charge is -2.36. The van der Waals surface area contributed by atoms with Crippen molar-refractivity contribution < 1.29 is 4.79 Å². The Morgan fingerprint density at radius 2 is 1.90 bits per heavy atom. The minimum atomic E-state index is -0.419. The molecule has 0 radical (unpaired) electrons. The van der Waals surface area contributed by atoms with Gasteiger partial charge in [-0.05, 0) is 19.8 Å². The van der Waals surface area contributed by atoms with Crippen LogP contribution in [0.2, 0.25) is 0 Å². The molecule has 0 atom stereocenters. The van der Waals surface area contributed by atoms with Crippen LogP contribution in [0.15, 0.2) is 0 Å². The van der Waals surface area contributed by atoms with Crippen molar-refractivity contribution in [2.75, 3.05) is 13.1 Å². The van der Waals surface area contributed by atoms with Crippen molar-refractivity contribution in [1.82, 2.24) is 19.7 Å². The first-order valence-electron chi connectivity index (χ1n) is 6.96. The first-order valence-corrected chi connectivity index (χ1v) is 6.96. The van der Waals surface area contributed by atoms with Crippen LogP contribution in [-0.4, -0.2) is 38.7 Å². The van der Waals surface area contributed by atoms with Gasteiger partial charge in [-0.1, -0.05) is 13.8 Å². The summed E-state index contributed by atoms with van der Waals surface area (Å²) in [5, 5.41) is 4.31. The fraction of sp³-hybridized carbons (Fsp3) is 0.769. The highest BCUT2D eigenvalue weighted by Crippen LogP contribution is 2.29. The lowest BCUT2D eigenvalue weighted by Crippen LogP contribution is -2.50. The molecule has 0 spiro atoms. The minimum absolute atomic E-state index is 0. The Hall–Kier alpha value is -0.850. The van der Waals surface area contributed by atoms with Crippen molar-refractivity contribution in [1.29, 1.82) is 0 Å². The van der Waals surface area contributed by atoms with Gasteiger partial charge < -0.3 is 10.6 Å². The zero-order chi connectivity index (χ0) is 14.0. The molecule has 1 aliphatic rings. The average molecular weight is 338 g/mol. The van der Waals surface area contributed by atoms with E-state index in [2.05, 4.69) is 10.1 Å². The Kier molecular flexibility index (Phi) is 7.64. The quantitative estimate of drug-likeness (QED) is 0.903. The Balaban J connectivity index is 0.00000200. The van der Waals surface area contributed by atoms with Crippen LogP contribution >= 0.6 is 24.8 Å². The van der Waals surface area contributed by atoms with Gasteiger partial charge in [-0.25, -0.2) is 9.67 Å². The summed E-state index contributed by atoms with van der Waals surface area (Å²) in [6.07, 6.45) is 1.56. The van der Waals surface area contributed by atoms with E-state index in [0.29, 0.717) is 19.6 Å². The maximum absolute atomic E-state index is 12.7. The molecule has 0 saturated carbocycles. The van der Waals surface area contributed by atoms with E-state index in [1.807, 2.05) is 30.4 Å². The predicted octanol–water partition coefficient (Wildman–Crippen LogP) is 1.54. The summed E-state index contributed by atoms with van der Waals surface area (Å²) < 4.78 is 1.89. The smallest absolute Gasteiger partial charge is 0.230 e. The van der Waals surface area contributed by atoms with Gasteiger partial charge in [0.1, 0.15) is 11.6 Å². The largest absolute Gasteiger partial charge is 0.333 e. The molecular weight excluding hydrogens is 313 g/mol. The van der Waals surface area contributed by atoms with Gasteiger partial charge in [0, 0.05) is 13.1 Å². The lowest BCUT2D eigenvalue weighted by atomic mass is 9.81. The van der Waals surface area contributed by atoms with E-state index in [0.717, 1.165) is 31.0 Å². The molecule has 0 aromatic carbocycles. The highest BCUT2D eigenvalue weighted by atomic mass is 35.5. The number of rotatable bonds is 4. The zero-order valence-corrected chi connectivity index (χ0v) is 14.5. The second kappa shape index (κ2) is 7.96. The summed E-state index contributed by atoms with van der Waals surface area (Å²) in [4.78, 5) is 19.0. The van der Waals surface area contributed by atoms with E-state index < -0.39 is 5.41 Å². The highest BCUT2D eigenvalue weighted by molar-refractivity contribution is 5.85. The number of carbonyl (C=O) groups excluding carboxylic acids is 1. The molecule has 0 fully saturated rings. The fourth-order valence-electron chi connectivity index (χ4n) is 2.70. The number of hydrogen-bond donors (Lipinski definition) is 1.